The van der Waals surface area contributed by atoms with Gasteiger partial charge in [0.25, 0.3) is 0 Å². The molecule has 187 valence electrons. The first kappa shape index (κ1) is 45.4. The van der Waals surface area contributed by atoms with Gasteiger partial charge in [-0.25, -0.2) is 11.6 Å². The van der Waals surface area contributed by atoms with Crippen molar-refractivity contribution in [1.29, 1.82) is 0 Å². The predicted octanol–water partition coefficient (Wildman–Crippen LogP) is 2.51. The van der Waals surface area contributed by atoms with Gasteiger partial charge < -0.3 is 9.80 Å². The minimum absolute atomic E-state index is 0. The second kappa shape index (κ2) is 30.7. The summed E-state index contributed by atoms with van der Waals surface area (Å²) in [6.45, 7) is 22.3. The Morgan fingerprint density at radius 3 is 1.51 bits per heavy atom. The van der Waals surface area contributed by atoms with Gasteiger partial charge in [-0.05, 0) is 28.2 Å². The number of benzene rings is 1. The molecule has 0 aliphatic heterocycles. The maximum Gasteiger partial charge on any atom is 1.00 e. The Kier molecular flexibility index (Phi) is 39.7. The number of hydrogen-bond donors (Lipinski definition) is 0. The van der Waals surface area contributed by atoms with Crippen molar-refractivity contribution in [2.24, 2.45) is 4.99 Å². The first-order valence-electron chi connectivity index (χ1n) is 10.9. The molecule has 0 saturated carbocycles. The van der Waals surface area contributed by atoms with E-state index in [1.807, 2.05) is 16.9 Å². The first-order valence-corrected chi connectivity index (χ1v) is 12.3. The molecular formula is C27H41GaKMnN3O2. The Morgan fingerprint density at radius 1 is 0.914 bits per heavy atom. The van der Waals surface area contributed by atoms with Crippen molar-refractivity contribution < 1.29 is 77.8 Å². The summed E-state index contributed by atoms with van der Waals surface area (Å²) in [5.41, 5.74) is 5.24. The molecule has 0 saturated heterocycles. The molecule has 0 N–H and O–H groups in total. The Hall–Kier alpha value is 0.432. The van der Waals surface area contributed by atoms with Crippen molar-refractivity contribution in [2.45, 2.75) is 46.5 Å². The Balaban J connectivity index is -0.000000128. The van der Waals surface area contributed by atoms with Crippen LogP contribution in [-0.2, 0) is 26.4 Å². The van der Waals surface area contributed by atoms with Crippen molar-refractivity contribution in [3.63, 3.8) is 0 Å². The van der Waals surface area contributed by atoms with Gasteiger partial charge in [-0.2, -0.15) is 18.2 Å². The quantitative estimate of drug-likeness (QED) is 0.221. The van der Waals surface area contributed by atoms with Crippen LogP contribution in [0, 0.1) is 20.2 Å². The van der Waals surface area contributed by atoms with Crippen molar-refractivity contribution in [3.05, 3.63) is 72.5 Å². The zero-order valence-corrected chi connectivity index (χ0v) is 30.0. The number of nitrogens with zero attached hydrogens (tertiary/aromatic N) is 3. The van der Waals surface area contributed by atoms with Crippen LogP contribution >= 0.6 is 0 Å². The standard InChI is InChI=1S/C13H18N.C6H16N2.C6H7.2CO.Ga.K.Mn/c1-9(2)11-7-6-8-12(10(3)4)13(11)14-5;1-7(2)5-6-8(3)4;1-6-4-2-3-5-6;2*1-2;;;/h5-10H,1-4H3;5-6H2,1-4H3;2-5H,1H3;;;;;/q;;-1;;;;+1;. The SMILES string of the molecule is CC(C)c1cccc(C(C)C)c1N=[CH][Ga].CN(C)CCN(C)C.Cc1cc[cH-]c1.[C-]#[O+].[C-]#[O+].[K+].[Mn]. The van der Waals surface area contributed by atoms with Crippen molar-refractivity contribution in [3.8, 4) is 0 Å². The van der Waals surface area contributed by atoms with E-state index in [2.05, 4.69) is 121 Å². The predicted molar refractivity (Wildman–Crippen MR) is 140 cm³/mol. The second-order valence-electron chi connectivity index (χ2n) is 8.44. The van der Waals surface area contributed by atoms with Crippen molar-refractivity contribution in [1.82, 2.24) is 9.80 Å². The fourth-order valence-electron chi connectivity index (χ4n) is 2.61. The van der Waals surface area contributed by atoms with Gasteiger partial charge in [0.2, 0.25) is 0 Å². The summed E-state index contributed by atoms with van der Waals surface area (Å²) in [5, 5.41) is 0. The summed E-state index contributed by atoms with van der Waals surface area (Å²) in [6.07, 6.45) is 0. The number of rotatable bonds is 6. The van der Waals surface area contributed by atoms with Gasteiger partial charge in [-0.15, -0.1) is 0 Å². The molecule has 8 heteroatoms. The number of para-hydroxylation sites is 1. The van der Waals surface area contributed by atoms with E-state index in [4.69, 9.17) is 9.30 Å². The Bertz CT molecular complexity index is 735. The van der Waals surface area contributed by atoms with Gasteiger partial charge in [0.15, 0.2) is 0 Å². The van der Waals surface area contributed by atoms with Gasteiger partial charge in [0.05, 0.1) is 0 Å². The van der Waals surface area contributed by atoms with Crippen LogP contribution in [0.15, 0.2) is 47.5 Å². The fourth-order valence-corrected chi connectivity index (χ4v) is 2.92. The van der Waals surface area contributed by atoms with Crippen molar-refractivity contribution in [2.75, 3.05) is 41.3 Å². The summed E-state index contributed by atoms with van der Waals surface area (Å²) in [7, 11) is 8.35. The van der Waals surface area contributed by atoms with Gasteiger partial charge >= 0.3 is 177 Å². The van der Waals surface area contributed by atoms with E-state index >= 15 is 0 Å². The van der Waals surface area contributed by atoms with Crippen LogP contribution in [0.4, 0.5) is 5.69 Å². The molecule has 0 unspecified atom stereocenters. The largest absolute Gasteiger partial charge is 1.00 e. The Labute approximate surface area is 278 Å². The normalized spacial score (nSPS) is 9.29. The monoisotopic (exact) mass is 602 g/mol. The number of aryl methyl sites for hydroxylation is 1. The minimum atomic E-state index is 0. The number of aliphatic imine (C=N–C) groups is 1. The third-order valence-electron chi connectivity index (χ3n) is 4.37. The summed E-state index contributed by atoms with van der Waals surface area (Å²) >= 11 is 1.54. The second-order valence-corrected chi connectivity index (χ2v) is 9.07. The molecule has 2 aromatic rings. The fraction of sp³-hybridized carbons (Fsp3) is 0.481. The van der Waals surface area contributed by atoms with E-state index in [0.717, 1.165) is 13.1 Å². The molecule has 0 bridgehead atoms. The molecule has 0 heterocycles. The van der Waals surface area contributed by atoms with E-state index in [1.165, 1.54) is 22.4 Å². The molecule has 2 rings (SSSR count). The third-order valence-corrected chi connectivity index (χ3v) is 4.68. The molecule has 5 nitrogen and oxygen atoms in total. The maximum absolute atomic E-state index is 7.50. The Morgan fingerprint density at radius 2 is 1.31 bits per heavy atom. The van der Waals surface area contributed by atoms with Gasteiger partial charge in [-0.1, -0.05) is 6.92 Å². The van der Waals surface area contributed by atoms with Crippen LogP contribution < -0.4 is 51.4 Å². The zero-order chi connectivity index (χ0) is 26.4. The minimum Gasteiger partial charge on any atom is 0 e. The van der Waals surface area contributed by atoms with Crippen LogP contribution in [0.3, 0.4) is 0 Å². The molecule has 0 fully saturated rings. The molecule has 0 aromatic heterocycles. The van der Waals surface area contributed by atoms with Crippen LogP contribution in [-0.4, -0.2) is 74.4 Å². The number of likely N-dealkylation sites (N-methyl/N-ethyl adjacent to an activating group) is 2. The van der Waals surface area contributed by atoms with Crippen LogP contribution in [0.2, 0.25) is 0 Å². The van der Waals surface area contributed by atoms with E-state index < -0.39 is 0 Å². The summed E-state index contributed by atoms with van der Waals surface area (Å²) in [5.74, 6) is 1.07. The number of hydrogen-bond acceptors (Lipinski definition) is 3. The smallest absolute Gasteiger partial charge is 0 e. The molecule has 0 atom stereocenters. The molecule has 0 spiro atoms. The van der Waals surface area contributed by atoms with E-state index in [1.54, 1.807) is 18.6 Å². The molecule has 0 amide bonds. The van der Waals surface area contributed by atoms with E-state index in [0.29, 0.717) is 11.8 Å². The average Bonchev–Trinajstić information content (AvgIpc) is 3.27. The van der Waals surface area contributed by atoms with Gasteiger partial charge in [0.1, 0.15) is 0 Å². The third kappa shape index (κ3) is 25.8. The molecule has 3 radical (unpaired) electrons. The molecule has 35 heavy (non-hydrogen) atoms. The zero-order valence-electron chi connectivity index (χ0n) is 23.3. The van der Waals surface area contributed by atoms with E-state index in [9.17, 15) is 0 Å². The summed E-state index contributed by atoms with van der Waals surface area (Å²) in [6, 6.07) is 14.8. The van der Waals surface area contributed by atoms with Gasteiger partial charge in [0, 0.05) is 30.2 Å². The van der Waals surface area contributed by atoms with Crippen LogP contribution in [0.25, 0.3) is 0 Å². The molecule has 2 aromatic carbocycles. The molecule has 0 aliphatic carbocycles. The summed E-state index contributed by atoms with van der Waals surface area (Å²) < 4.78 is 16.9. The average molecular weight is 603 g/mol. The van der Waals surface area contributed by atoms with Crippen LogP contribution in [0.5, 0.6) is 0 Å². The van der Waals surface area contributed by atoms with Gasteiger partial charge in [-0.3, -0.25) is 0 Å². The van der Waals surface area contributed by atoms with Crippen molar-refractivity contribution >= 4 is 29.1 Å². The van der Waals surface area contributed by atoms with E-state index in [-0.39, 0.29) is 68.5 Å². The first-order chi connectivity index (χ1) is 15.6. The van der Waals surface area contributed by atoms with Crippen LogP contribution in [0.1, 0.15) is 56.2 Å². The molecule has 0 aliphatic rings. The topological polar surface area (TPSA) is 58.6 Å². The maximum atomic E-state index is 7.50. The molecular weight excluding hydrogens is 562 g/mol. The summed E-state index contributed by atoms with van der Waals surface area (Å²) in [4.78, 5) is 8.91.